The molecule has 6 nitrogen and oxygen atoms in total. The van der Waals surface area contributed by atoms with Crippen molar-refractivity contribution in [2.24, 2.45) is 0 Å². The lowest BCUT2D eigenvalue weighted by Gasteiger charge is -2.17. The Morgan fingerprint density at radius 2 is 1.81 bits per heavy atom. The van der Waals surface area contributed by atoms with Gasteiger partial charge in [-0.05, 0) is 48.5 Å². The zero-order valence-corrected chi connectivity index (χ0v) is 14.7. The second-order valence-electron chi connectivity index (χ2n) is 5.88. The lowest BCUT2D eigenvalue weighted by molar-refractivity contribution is -0.117. The van der Waals surface area contributed by atoms with E-state index in [4.69, 9.17) is 11.6 Å². The number of alkyl halides is 2. The van der Waals surface area contributed by atoms with Gasteiger partial charge in [0.2, 0.25) is 5.91 Å². The lowest BCUT2D eigenvalue weighted by Crippen LogP contribution is -2.39. The van der Waals surface area contributed by atoms with E-state index in [1.165, 1.54) is 24.3 Å². The number of rotatable bonds is 5. The number of nitrogens with zero attached hydrogens (tertiary/aromatic N) is 1. The summed E-state index contributed by atoms with van der Waals surface area (Å²) in [5, 5.41) is 5.89. The van der Waals surface area contributed by atoms with Gasteiger partial charge in [-0.1, -0.05) is 11.6 Å². The molecule has 1 aliphatic heterocycles. The maximum atomic E-state index is 12.2. The second-order valence-corrected chi connectivity index (χ2v) is 6.32. The molecule has 0 aromatic heterocycles. The van der Waals surface area contributed by atoms with Crippen LogP contribution in [0.2, 0.25) is 5.02 Å². The van der Waals surface area contributed by atoms with Gasteiger partial charge in [0.05, 0.1) is 6.04 Å². The van der Waals surface area contributed by atoms with Gasteiger partial charge < -0.3 is 20.3 Å². The Balaban J connectivity index is 1.54. The van der Waals surface area contributed by atoms with E-state index >= 15 is 0 Å². The lowest BCUT2D eigenvalue weighted by atomic mass is 10.2. The topological polar surface area (TPSA) is 70.7 Å². The van der Waals surface area contributed by atoms with Gasteiger partial charge in [0.15, 0.2) is 0 Å². The van der Waals surface area contributed by atoms with Crippen LogP contribution >= 0.6 is 11.6 Å². The molecule has 1 fully saturated rings. The predicted molar refractivity (Wildman–Crippen MR) is 97.4 cm³/mol. The molecule has 0 spiro atoms. The molecule has 3 rings (SSSR count). The number of anilines is 2. The average molecular weight is 396 g/mol. The Kier molecular flexibility index (Phi) is 5.75. The van der Waals surface area contributed by atoms with Crippen LogP contribution in [0.4, 0.5) is 25.0 Å². The fourth-order valence-electron chi connectivity index (χ4n) is 2.75. The first kappa shape index (κ1) is 18.9. The van der Waals surface area contributed by atoms with Crippen LogP contribution in [0.3, 0.4) is 0 Å². The molecule has 2 N–H and O–H groups in total. The number of carbonyl (C=O) groups excluding carboxylic acids is 2. The number of ether oxygens (including phenoxy) is 1. The second kappa shape index (κ2) is 8.22. The van der Waals surface area contributed by atoms with Gasteiger partial charge in [-0.3, -0.25) is 4.79 Å². The number of hydrogen-bond acceptors (Lipinski definition) is 3. The molecule has 27 heavy (non-hydrogen) atoms. The monoisotopic (exact) mass is 395 g/mol. The van der Waals surface area contributed by atoms with Crippen LogP contribution in [-0.4, -0.2) is 31.1 Å². The average Bonchev–Trinajstić information content (AvgIpc) is 2.97. The van der Waals surface area contributed by atoms with E-state index in [9.17, 15) is 18.4 Å². The van der Waals surface area contributed by atoms with Crippen molar-refractivity contribution < 1.29 is 23.1 Å². The zero-order chi connectivity index (χ0) is 19.4. The fraction of sp³-hybridized carbons (Fsp3) is 0.222. The van der Waals surface area contributed by atoms with Crippen LogP contribution in [0.25, 0.3) is 0 Å². The van der Waals surface area contributed by atoms with E-state index in [1.54, 1.807) is 29.2 Å². The summed E-state index contributed by atoms with van der Waals surface area (Å²) in [6, 6.07) is 11.6. The van der Waals surface area contributed by atoms with Crippen LogP contribution in [0.15, 0.2) is 48.5 Å². The fourth-order valence-corrected chi connectivity index (χ4v) is 2.87. The van der Waals surface area contributed by atoms with Gasteiger partial charge in [0.1, 0.15) is 5.75 Å². The third kappa shape index (κ3) is 5.07. The first-order chi connectivity index (χ1) is 12.9. The molecule has 1 heterocycles. The molecular weight excluding hydrogens is 380 g/mol. The maximum absolute atomic E-state index is 12.2. The van der Waals surface area contributed by atoms with Crippen molar-refractivity contribution in [3.8, 4) is 5.75 Å². The first-order valence-electron chi connectivity index (χ1n) is 8.09. The molecule has 0 unspecified atom stereocenters. The summed E-state index contributed by atoms with van der Waals surface area (Å²) in [6.07, 6.45) is 0.178. The van der Waals surface area contributed by atoms with E-state index in [-0.39, 0.29) is 24.1 Å². The van der Waals surface area contributed by atoms with E-state index in [0.717, 1.165) is 0 Å². The molecule has 0 saturated carbocycles. The van der Waals surface area contributed by atoms with Gasteiger partial charge in [0.25, 0.3) is 0 Å². The predicted octanol–water partition coefficient (Wildman–Crippen LogP) is 3.87. The molecular formula is C18H16ClF2N3O3. The number of carbonyl (C=O) groups is 2. The maximum Gasteiger partial charge on any atom is 0.387 e. The summed E-state index contributed by atoms with van der Waals surface area (Å²) < 4.78 is 28.5. The minimum absolute atomic E-state index is 0.00375. The van der Waals surface area contributed by atoms with Gasteiger partial charge >= 0.3 is 12.6 Å². The standard InChI is InChI=1S/C18H16ClF2N3O3/c19-11-1-5-14(6-2-11)24-10-13(9-16(24)25)23-18(26)22-12-3-7-15(8-4-12)27-17(20)21/h1-8,13,17H,9-10H2,(H2,22,23,26)/t13-/m1/s1. The summed E-state index contributed by atoms with van der Waals surface area (Å²) in [6.45, 7) is -2.56. The van der Waals surface area contributed by atoms with Crippen molar-refractivity contribution in [3.05, 3.63) is 53.6 Å². The highest BCUT2D eigenvalue weighted by molar-refractivity contribution is 6.30. The van der Waals surface area contributed by atoms with Gasteiger partial charge in [-0.2, -0.15) is 8.78 Å². The summed E-state index contributed by atoms with van der Waals surface area (Å²) >= 11 is 5.85. The van der Waals surface area contributed by atoms with E-state index in [1.807, 2.05) is 0 Å². The Bertz CT molecular complexity index is 816. The Morgan fingerprint density at radius 3 is 2.44 bits per heavy atom. The van der Waals surface area contributed by atoms with Crippen molar-refractivity contribution in [1.82, 2.24) is 5.32 Å². The quantitative estimate of drug-likeness (QED) is 0.807. The van der Waals surface area contributed by atoms with Crippen molar-refractivity contribution in [1.29, 1.82) is 0 Å². The van der Waals surface area contributed by atoms with E-state index < -0.39 is 12.6 Å². The summed E-state index contributed by atoms with van der Waals surface area (Å²) in [5.74, 6) is -0.105. The molecule has 2 aromatic rings. The third-order valence-electron chi connectivity index (χ3n) is 3.94. The number of urea groups is 1. The Hall–Kier alpha value is -2.87. The number of halogens is 3. The number of benzene rings is 2. The van der Waals surface area contributed by atoms with Gasteiger partial charge in [0, 0.05) is 29.4 Å². The highest BCUT2D eigenvalue weighted by atomic mass is 35.5. The van der Waals surface area contributed by atoms with Crippen molar-refractivity contribution in [2.45, 2.75) is 19.1 Å². The van der Waals surface area contributed by atoms with Crippen LogP contribution in [0.1, 0.15) is 6.42 Å². The molecule has 1 aliphatic rings. The minimum Gasteiger partial charge on any atom is -0.435 e. The highest BCUT2D eigenvalue weighted by Crippen LogP contribution is 2.23. The third-order valence-corrected chi connectivity index (χ3v) is 4.19. The first-order valence-corrected chi connectivity index (χ1v) is 8.47. The van der Waals surface area contributed by atoms with Crippen molar-refractivity contribution >= 4 is 34.9 Å². The number of hydrogen-bond donors (Lipinski definition) is 2. The zero-order valence-electron chi connectivity index (χ0n) is 14.0. The van der Waals surface area contributed by atoms with Crippen LogP contribution in [-0.2, 0) is 4.79 Å². The molecule has 0 radical (unpaired) electrons. The van der Waals surface area contributed by atoms with Crippen LogP contribution in [0.5, 0.6) is 5.75 Å². The van der Waals surface area contributed by atoms with E-state index in [0.29, 0.717) is 22.9 Å². The van der Waals surface area contributed by atoms with Crippen molar-refractivity contribution in [2.75, 3.05) is 16.8 Å². The van der Waals surface area contributed by atoms with E-state index in [2.05, 4.69) is 15.4 Å². The summed E-state index contributed by atoms with van der Waals surface area (Å²) in [7, 11) is 0. The molecule has 1 atom stereocenters. The molecule has 2 aromatic carbocycles. The summed E-state index contributed by atoms with van der Waals surface area (Å²) in [4.78, 5) is 25.9. The number of nitrogens with one attached hydrogen (secondary N) is 2. The van der Waals surface area contributed by atoms with Crippen molar-refractivity contribution in [3.63, 3.8) is 0 Å². The highest BCUT2D eigenvalue weighted by Gasteiger charge is 2.31. The van der Waals surface area contributed by atoms with Crippen LogP contribution < -0.4 is 20.3 Å². The normalized spacial score (nSPS) is 16.5. The molecule has 1 saturated heterocycles. The Morgan fingerprint density at radius 1 is 1.15 bits per heavy atom. The van der Waals surface area contributed by atoms with Gasteiger partial charge in [-0.15, -0.1) is 0 Å². The largest absolute Gasteiger partial charge is 0.435 e. The minimum atomic E-state index is -2.91. The number of amides is 3. The molecule has 0 aliphatic carbocycles. The molecule has 0 bridgehead atoms. The SMILES string of the molecule is O=C(Nc1ccc(OC(F)F)cc1)N[C@@H]1CC(=O)N(c2ccc(Cl)cc2)C1. The van der Waals surface area contributed by atoms with Crippen LogP contribution in [0, 0.1) is 0 Å². The molecule has 142 valence electrons. The summed E-state index contributed by atoms with van der Waals surface area (Å²) in [5.41, 5.74) is 1.12. The Labute approximate surface area is 159 Å². The molecule has 9 heteroatoms. The van der Waals surface area contributed by atoms with Gasteiger partial charge in [-0.25, -0.2) is 4.79 Å². The smallest absolute Gasteiger partial charge is 0.387 e. The molecule has 3 amide bonds.